The first kappa shape index (κ1) is 27.3. The normalized spacial score (nSPS) is 18.7. The van der Waals surface area contributed by atoms with Crippen LogP contribution in [0.3, 0.4) is 0 Å². The van der Waals surface area contributed by atoms with Gasteiger partial charge in [0.15, 0.2) is 0 Å². The smallest absolute Gasteiger partial charge is 0.0407 e. The summed E-state index contributed by atoms with van der Waals surface area (Å²) in [5.41, 5.74) is 2.37. The van der Waals surface area contributed by atoms with Crippen molar-refractivity contribution in [2.45, 2.75) is 30.1 Å². The van der Waals surface area contributed by atoms with E-state index in [1.807, 2.05) is 42.2 Å². The molecule has 35 heavy (non-hydrogen) atoms. The van der Waals surface area contributed by atoms with E-state index in [9.17, 15) is 4.48 Å². The van der Waals surface area contributed by atoms with Gasteiger partial charge in [0.1, 0.15) is 0 Å². The van der Waals surface area contributed by atoms with Crippen LogP contribution in [0, 0.1) is 5.92 Å². The van der Waals surface area contributed by atoms with Crippen molar-refractivity contribution < 1.29 is 4.48 Å². The lowest BCUT2D eigenvalue weighted by Gasteiger charge is -2.26. The summed E-state index contributed by atoms with van der Waals surface area (Å²) in [7, 11) is 1.35. The third-order valence-corrected chi connectivity index (χ3v) is 8.83. The van der Waals surface area contributed by atoms with E-state index in [4.69, 9.17) is 0 Å². The maximum absolute atomic E-state index is 11.6. The number of hydrogen-bond donors (Lipinski definition) is 1. The highest BCUT2D eigenvalue weighted by Crippen LogP contribution is 2.53. The molecule has 0 amide bonds. The summed E-state index contributed by atoms with van der Waals surface area (Å²) < 4.78 is 11.6. The van der Waals surface area contributed by atoms with Gasteiger partial charge in [-0.2, -0.15) is 0 Å². The molecular weight excluding hydrogens is 492 g/mol. The van der Waals surface area contributed by atoms with E-state index in [0.717, 1.165) is 24.3 Å². The topological polar surface area (TPSA) is 15.3 Å². The van der Waals surface area contributed by atoms with Crippen LogP contribution in [0.1, 0.15) is 20.3 Å². The Hall–Kier alpha value is -2.28. The van der Waals surface area contributed by atoms with Gasteiger partial charge in [0.25, 0.3) is 0 Å². The summed E-state index contributed by atoms with van der Waals surface area (Å²) in [6.45, 7) is 9.10. The van der Waals surface area contributed by atoms with Crippen molar-refractivity contribution in [2.75, 3.05) is 19.3 Å². The molecule has 1 atom stereocenters. The Morgan fingerprint density at radius 1 is 1.23 bits per heavy atom. The van der Waals surface area contributed by atoms with Crippen LogP contribution in [-0.4, -0.2) is 24.5 Å². The highest BCUT2D eigenvalue weighted by Gasteiger charge is 2.27. The second-order valence-corrected chi connectivity index (χ2v) is 11.3. The lowest BCUT2D eigenvalue weighted by Crippen LogP contribution is -2.17. The fourth-order valence-electron chi connectivity index (χ4n) is 3.40. The molecule has 0 fully saturated rings. The summed E-state index contributed by atoms with van der Waals surface area (Å²) in [5, 5.41) is 4.00. The maximum Gasteiger partial charge on any atom is 0.0407 e. The Labute approximate surface area is 222 Å². The van der Waals surface area contributed by atoms with Crippen LogP contribution >= 0.6 is 35.3 Å². The zero-order chi connectivity index (χ0) is 25.0. The second kappa shape index (κ2) is 14.3. The zero-order valence-corrected chi connectivity index (χ0v) is 23.0. The highest BCUT2D eigenvalue weighted by molar-refractivity contribution is 8.09. The molecule has 2 heterocycles. The van der Waals surface area contributed by atoms with Crippen molar-refractivity contribution in [1.29, 1.82) is 0 Å². The number of hydrogen-bond acceptors (Lipinski definition) is 5. The average Bonchev–Trinajstić information content (AvgIpc) is 3.06. The number of rotatable bonds is 7. The molecule has 0 saturated heterocycles. The Morgan fingerprint density at radius 3 is 2.63 bits per heavy atom. The molecule has 184 valence electrons. The fourth-order valence-corrected chi connectivity index (χ4v) is 7.13. The van der Waals surface area contributed by atoms with Gasteiger partial charge in [0.05, 0.1) is 0 Å². The molecule has 4 rings (SSSR count). The van der Waals surface area contributed by atoms with Crippen molar-refractivity contribution in [3.8, 4) is 0 Å². The van der Waals surface area contributed by atoms with E-state index >= 15 is 0 Å². The monoisotopic (exact) mass is 524 g/mol. The van der Waals surface area contributed by atoms with Gasteiger partial charge in [-0.1, -0.05) is 91.2 Å². The molecule has 1 unspecified atom stereocenters. The van der Waals surface area contributed by atoms with Gasteiger partial charge in [-0.15, -0.1) is 16.2 Å². The number of fused-ring (bicyclic) bond motifs is 1. The van der Waals surface area contributed by atoms with E-state index < -0.39 is 0 Å². The molecule has 1 aliphatic carbocycles. The Morgan fingerprint density at radius 2 is 2.00 bits per heavy atom. The van der Waals surface area contributed by atoms with Crippen molar-refractivity contribution in [2.24, 2.45) is 5.92 Å². The number of nitrogens with zero attached hydrogens (tertiary/aromatic N) is 1. The van der Waals surface area contributed by atoms with Crippen LogP contribution in [0.4, 0.5) is 4.48 Å². The Balaban J connectivity index is 0.000000429. The Kier molecular flexibility index (Phi) is 11.2. The fraction of sp³-hybridized carbons (Fsp3) is 0.241. The predicted octanol–water partition coefficient (Wildman–Crippen LogP) is 8.80. The quantitative estimate of drug-likeness (QED) is 0.282. The molecule has 0 radical (unpaired) electrons. The summed E-state index contributed by atoms with van der Waals surface area (Å²) >= 11 is 5.70. The average molecular weight is 525 g/mol. The lowest BCUT2D eigenvalue weighted by molar-refractivity contribution is 0.128. The summed E-state index contributed by atoms with van der Waals surface area (Å²) in [4.78, 5) is 6.81. The van der Waals surface area contributed by atoms with Gasteiger partial charge in [-0.3, -0.25) is 0 Å². The van der Waals surface area contributed by atoms with Gasteiger partial charge >= 0.3 is 0 Å². The molecule has 6 heteroatoms. The SMILES string of the molecule is C=C(C)/C=C(\SCC1=CC=CCN1)C1C=CC=CC2=C1Sc1ccccc1S2.CCC=CN(C)F. The highest BCUT2D eigenvalue weighted by atomic mass is 32.2. The summed E-state index contributed by atoms with van der Waals surface area (Å²) in [6.07, 6.45) is 21.6. The van der Waals surface area contributed by atoms with Gasteiger partial charge in [0.2, 0.25) is 0 Å². The number of allylic oxidation sites excluding steroid dienone is 11. The molecule has 2 aliphatic heterocycles. The molecule has 1 aromatic carbocycles. The van der Waals surface area contributed by atoms with Crippen molar-refractivity contribution in [1.82, 2.24) is 10.4 Å². The van der Waals surface area contributed by atoms with Gasteiger partial charge in [0, 0.05) is 56.8 Å². The van der Waals surface area contributed by atoms with Crippen molar-refractivity contribution in [3.05, 3.63) is 118 Å². The number of halogens is 1. The largest absolute Gasteiger partial charge is 0.384 e. The van der Waals surface area contributed by atoms with Crippen LogP contribution in [-0.2, 0) is 0 Å². The number of benzene rings is 1. The van der Waals surface area contributed by atoms with E-state index in [1.165, 1.54) is 43.5 Å². The van der Waals surface area contributed by atoms with Gasteiger partial charge in [-0.05, 0) is 48.6 Å². The van der Waals surface area contributed by atoms with Crippen LogP contribution in [0.15, 0.2) is 128 Å². The molecule has 0 saturated carbocycles. The molecule has 2 nitrogen and oxygen atoms in total. The van der Waals surface area contributed by atoms with Gasteiger partial charge < -0.3 is 5.32 Å². The molecule has 1 aromatic rings. The van der Waals surface area contributed by atoms with E-state index in [1.54, 1.807) is 6.08 Å². The standard InChI is InChI=1S/C24H23NS3.C5H10FN/c1-17(2)15-23(26-16-18-9-7-8-14-25-18)19-10-3-4-13-22-24(19)28-21-12-6-5-11-20(21)27-22;1-3-4-5-7(2)6/h3-13,15,19,25H,1,14,16H2,2H3;4-5H,3H2,1-2H3/b23-15-;. The van der Waals surface area contributed by atoms with E-state index in [2.05, 4.69) is 91.7 Å². The van der Waals surface area contributed by atoms with Crippen LogP contribution in [0.5, 0.6) is 0 Å². The van der Waals surface area contributed by atoms with Crippen molar-refractivity contribution in [3.63, 3.8) is 0 Å². The van der Waals surface area contributed by atoms with Crippen LogP contribution in [0.25, 0.3) is 0 Å². The zero-order valence-electron chi connectivity index (χ0n) is 20.5. The minimum Gasteiger partial charge on any atom is -0.384 e. The lowest BCUT2D eigenvalue weighted by atomic mass is 10.1. The number of nitrogens with one attached hydrogen (secondary N) is 1. The summed E-state index contributed by atoms with van der Waals surface area (Å²) in [6, 6.07) is 8.69. The maximum atomic E-state index is 11.6. The first-order valence-corrected chi connectivity index (χ1v) is 14.3. The first-order valence-electron chi connectivity index (χ1n) is 11.7. The van der Waals surface area contributed by atoms with Gasteiger partial charge in [-0.25, -0.2) is 5.12 Å². The minimum absolute atomic E-state index is 0.261. The molecular formula is C29H33FN2S3. The predicted molar refractivity (Wildman–Crippen MR) is 156 cm³/mol. The molecule has 0 bridgehead atoms. The molecule has 0 aromatic heterocycles. The van der Waals surface area contributed by atoms with Crippen LogP contribution in [0.2, 0.25) is 0 Å². The van der Waals surface area contributed by atoms with E-state index in [0.29, 0.717) is 5.12 Å². The van der Waals surface area contributed by atoms with Crippen LogP contribution < -0.4 is 5.32 Å². The molecule has 0 spiro atoms. The minimum atomic E-state index is 0.261. The van der Waals surface area contributed by atoms with Crippen molar-refractivity contribution >= 4 is 35.3 Å². The Bertz CT molecular complexity index is 1110. The first-order chi connectivity index (χ1) is 17.0. The third-order valence-electron chi connectivity index (χ3n) is 4.99. The second-order valence-electron chi connectivity index (χ2n) is 8.10. The molecule has 1 N–H and O–H groups in total. The summed E-state index contributed by atoms with van der Waals surface area (Å²) in [5.74, 6) is 1.20. The number of dihydropyridines is 1. The third kappa shape index (κ3) is 8.71. The molecule has 3 aliphatic rings. The number of thioether (sulfide) groups is 3. The van der Waals surface area contributed by atoms with E-state index in [-0.39, 0.29) is 5.92 Å².